The molecule has 0 unspecified atom stereocenters. The number of thioether (sulfide) groups is 1. The Morgan fingerprint density at radius 1 is 0.925 bits per heavy atom. The lowest BCUT2D eigenvalue weighted by atomic mass is 9.80. The number of allylic oxidation sites excluding steroid dienone is 1. The van der Waals surface area contributed by atoms with Gasteiger partial charge in [-0.2, -0.15) is 0 Å². The number of benzene rings is 2. The number of anilines is 1. The number of rotatable bonds is 7. The summed E-state index contributed by atoms with van der Waals surface area (Å²) in [4.78, 5) is 35.3. The van der Waals surface area contributed by atoms with Gasteiger partial charge < -0.3 is 23.8 Å². The molecule has 2 aromatic carbocycles. The molecule has 0 bridgehead atoms. The highest BCUT2D eigenvalue weighted by Gasteiger charge is 2.72. The summed E-state index contributed by atoms with van der Waals surface area (Å²) in [6, 6.07) is 14.7. The number of carbonyl (C=O) groups excluding carboxylic acids is 2. The van der Waals surface area contributed by atoms with E-state index in [1.807, 2.05) is 79.6 Å². The van der Waals surface area contributed by atoms with Crippen molar-refractivity contribution in [1.29, 1.82) is 0 Å². The van der Waals surface area contributed by atoms with E-state index in [1.54, 1.807) is 21.1 Å². The molecule has 10 heteroatoms. The summed E-state index contributed by atoms with van der Waals surface area (Å²) >= 11 is 1.46. The number of hydrogen-bond acceptors (Lipinski definition) is 9. The molecule has 1 fully saturated rings. The minimum absolute atomic E-state index is 0.349. The van der Waals surface area contributed by atoms with Crippen LogP contribution >= 0.6 is 11.8 Å². The van der Waals surface area contributed by atoms with Gasteiger partial charge in [-0.15, -0.1) is 0 Å². The van der Waals surface area contributed by atoms with Gasteiger partial charge in [0.1, 0.15) is 17.3 Å². The molecule has 2 heterocycles. The third-order valence-electron chi connectivity index (χ3n) is 7.48. The molecule has 0 amide bonds. The minimum Gasteiger partial charge on any atom is -0.497 e. The van der Waals surface area contributed by atoms with Crippen LogP contribution in [-0.4, -0.2) is 62.5 Å². The van der Waals surface area contributed by atoms with Crippen LogP contribution < -0.4 is 14.4 Å². The molecule has 40 heavy (non-hydrogen) atoms. The first-order valence-electron chi connectivity index (χ1n) is 12.8. The molecule has 4 rings (SSSR count). The normalized spacial score (nSPS) is 24.3. The van der Waals surface area contributed by atoms with Crippen LogP contribution in [0.5, 0.6) is 11.5 Å². The van der Waals surface area contributed by atoms with Crippen molar-refractivity contribution < 1.29 is 28.5 Å². The second kappa shape index (κ2) is 11.3. The van der Waals surface area contributed by atoms with Crippen LogP contribution in [0.2, 0.25) is 0 Å². The molecule has 2 aliphatic heterocycles. The highest BCUT2D eigenvalue weighted by molar-refractivity contribution is 8.04. The number of nitrogens with zero attached hydrogens (tertiary/aromatic N) is 3. The Morgan fingerprint density at radius 2 is 1.50 bits per heavy atom. The monoisotopic (exact) mass is 565 g/mol. The van der Waals surface area contributed by atoms with Crippen molar-refractivity contribution in [2.24, 2.45) is 10.4 Å². The van der Waals surface area contributed by atoms with Crippen LogP contribution in [0.4, 0.5) is 11.4 Å². The molecular formula is C30H35N3O6S. The highest BCUT2D eigenvalue weighted by Crippen LogP contribution is 2.64. The molecule has 2 aliphatic rings. The molecule has 9 nitrogen and oxygen atoms in total. The van der Waals surface area contributed by atoms with E-state index < -0.39 is 22.2 Å². The van der Waals surface area contributed by atoms with Gasteiger partial charge in [-0.1, -0.05) is 11.8 Å². The number of hydrogen-bond donors (Lipinski definition) is 0. The predicted molar refractivity (Wildman–Crippen MR) is 157 cm³/mol. The maximum Gasteiger partial charge on any atom is 0.335 e. The number of likely N-dealkylation sites (N-methyl/N-ethyl adjacent to an activating group) is 1. The Bertz CT molecular complexity index is 1390. The van der Waals surface area contributed by atoms with Crippen molar-refractivity contribution in [2.45, 2.75) is 32.6 Å². The molecule has 1 spiro atoms. The summed E-state index contributed by atoms with van der Waals surface area (Å²) < 4.78 is 21.5. The molecular weight excluding hydrogens is 530 g/mol. The molecule has 0 aromatic heterocycles. The fourth-order valence-corrected chi connectivity index (χ4v) is 7.12. The highest BCUT2D eigenvalue weighted by atomic mass is 32.2. The Balaban J connectivity index is 2.17. The molecule has 0 saturated carbocycles. The van der Waals surface area contributed by atoms with Gasteiger partial charge in [0.25, 0.3) is 0 Å². The summed E-state index contributed by atoms with van der Waals surface area (Å²) in [7, 11) is 5.91. The maximum atomic E-state index is 14.1. The third-order valence-corrected chi connectivity index (χ3v) is 9.10. The molecule has 212 valence electrons. The first-order chi connectivity index (χ1) is 19.1. The van der Waals surface area contributed by atoms with E-state index in [1.165, 1.54) is 26.0 Å². The van der Waals surface area contributed by atoms with Crippen LogP contribution in [0.3, 0.4) is 0 Å². The SMILES string of the molecule is CCN1C(C)=CS[C@]12/C(=C(/C)C(=O)OC)N(c1ccc(OC)cc1)C(=Nc1ccc(OC)cc1)[C@]2(C)C(=O)OC. The summed E-state index contributed by atoms with van der Waals surface area (Å²) in [5.74, 6) is 0.759. The third kappa shape index (κ3) is 4.30. The molecule has 0 radical (unpaired) electrons. The lowest BCUT2D eigenvalue weighted by Gasteiger charge is -2.45. The van der Waals surface area contributed by atoms with E-state index in [4.69, 9.17) is 23.9 Å². The Kier molecular flexibility index (Phi) is 8.20. The van der Waals surface area contributed by atoms with Gasteiger partial charge in [-0.3, -0.25) is 9.69 Å². The number of ether oxygens (including phenoxy) is 4. The Hall–Kier alpha value is -3.92. The summed E-state index contributed by atoms with van der Waals surface area (Å²) in [5, 5.41) is 2.01. The Morgan fingerprint density at radius 3 is 2.00 bits per heavy atom. The van der Waals surface area contributed by atoms with Gasteiger partial charge in [0, 0.05) is 17.9 Å². The standard InChI is InChI=1S/C30H35N3O6S/c1-9-32-19(2)18-40-30(32)25(20(3)26(34)38-7)33(22-12-16-24(37-6)17-13-22)27(29(30,4)28(35)39-8)31-21-10-14-23(36-5)15-11-21/h10-18H,9H2,1-8H3/b25-20+,31-27?/t29-,30+/m1/s1. The fraction of sp³-hybridized carbons (Fsp3) is 0.367. The van der Waals surface area contributed by atoms with Gasteiger partial charge in [-0.25, -0.2) is 9.79 Å². The predicted octanol–water partition coefficient (Wildman–Crippen LogP) is 5.51. The molecule has 0 N–H and O–H groups in total. The van der Waals surface area contributed by atoms with Crippen LogP contribution in [0.25, 0.3) is 0 Å². The number of aliphatic imine (C=N–C) groups is 1. The van der Waals surface area contributed by atoms with Crippen molar-refractivity contribution in [3.8, 4) is 11.5 Å². The fourth-order valence-electron chi connectivity index (χ4n) is 5.49. The lowest BCUT2D eigenvalue weighted by molar-refractivity contribution is -0.150. The van der Waals surface area contributed by atoms with Gasteiger partial charge in [0.05, 0.1) is 45.4 Å². The van der Waals surface area contributed by atoms with Crippen molar-refractivity contribution in [1.82, 2.24) is 4.90 Å². The first kappa shape index (κ1) is 29.1. The van der Waals surface area contributed by atoms with Crippen molar-refractivity contribution in [3.63, 3.8) is 0 Å². The van der Waals surface area contributed by atoms with Gasteiger partial charge >= 0.3 is 11.9 Å². The van der Waals surface area contributed by atoms with Gasteiger partial charge in [0.2, 0.25) is 0 Å². The van der Waals surface area contributed by atoms with Crippen molar-refractivity contribution in [3.05, 3.63) is 70.9 Å². The van der Waals surface area contributed by atoms with E-state index in [-0.39, 0.29) is 0 Å². The van der Waals surface area contributed by atoms with Crippen LogP contribution in [0.1, 0.15) is 27.7 Å². The van der Waals surface area contributed by atoms with E-state index in [9.17, 15) is 9.59 Å². The zero-order valence-electron chi connectivity index (χ0n) is 24.1. The minimum atomic E-state index is -1.37. The zero-order valence-corrected chi connectivity index (χ0v) is 24.9. The summed E-state index contributed by atoms with van der Waals surface area (Å²) in [6.45, 7) is 8.12. The Labute approximate surface area is 239 Å². The number of amidine groups is 1. The molecule has 0 aliphatic carbocycles. The molecule has 2 aromatic rings. The average molecular weight is 566 g/mol. The van der Waals surface area contributed by atoms with E-state index in [0.717, 1.165) is 5.70 Å². The summed E-state index contributed by atoms with van der Waals surface area (Å²) in [6.07, 6.45) is 0. The first-order valence-corrected chi connectivity index (χ1v) is 13.7. The summed E-state index contributed by atoms with van der Waals surface area (Å²) in [5.41, 5.74) is 1.80. The quantitative estimate of drug-likeness (QED) is 0.319. The zero-order chi connectivity index (χ0) is 29.2. The molecule has 1 saturated heterocycles. The lowest BCUT2D eigenvalue weighted by Crippen LogP contribution is -2.58. The number of methoxy groups -OCH3 is 4. The van der Waals surface area contributed by atoms with Crippen LogP contribution in [0, 0.1) is 5.41 Å². The van der Waals surface area contributed by atoms with E-state index in [2.05, 4.69) is 4.90 Å². The smallest absolute Gasteiger partial charge is 0.335 e. The topological polar surface area (TPSA) is 89.9 Å². The van der Waals surface area contributed by atoms with Gasteiger partial charge in [0.15, 0.2) is 10.3 Å². The van der Waals surface area contributed by atoms with Crippen molar-refractivity contribution in [2.75, 3.05) is 39.9 Å². The number of carbonyl (C=O) groups is 2. The second-order valence-corrected chi connectivity index (χ2v) is 10.6. The van der Waals surface area contributed by atoms with Crippen molar-refractivity contribution >= 4 is 40.9 Å². The van der Waals surface area contributed by atoms with E-state index in [0.29, 0.717) is 46.5 Å². The average Bonchev–Trinajstić information content (AvgIpc) is 3.44. The van der Waals surface area contributed by atoms with Crippen LogP contribution in [-0.2, 0) is 19.1 Å². The van der Waals surface area contributed by atoms with Crippen LogP contribution in [0.15, 0.2) is 75.9 Å². The van der Waals surface area contributed by atoms with Gasteiger partial charge in [-0.05, 0) is 81.6 Å². The number of esters is 2. The van der Waals surface area contributed by atoms with E-state index >= 15 is 0 Å². The molecule has 2 atom stereocenters. The maximum absolute atomic E-state index is 14.1. The largest absolute Gasteiger partial charge is 0.497 e. The second-order valence-electron chi connectivity index (χ2n) is 9.51.